The van der Waals surface area contributed by atoms with Crippen LogP contribution in [0.2, 0.25) is 0 Å². The van der Waals surface area contributed by atoms with Crippen molar-refractivity contribution in [3.05, 3.63) is 12.4 Å². The molecular formula is C12H21N3O2S. The zero-order valence-electron chi connectivity index (χ0n) is 11.4. The van der Waals surface area contributed by atoms with Gasteiger partial charge in [0.05, 0.1) is 13.3 Å². The van der Waals surface area contributed by atoms with E-state index < -0.39 is 5.54 Å². The number of ether oxygens (including phenoxy) is 1. The highest BCUT2D eigenvalue weighted by molar-refractivity contribution is 7.99. The van der Waals surface area contributed by atoms with Crippen molar-refractivity contribution >= 4 is 17.7 Å². The first-order chi connectivity index (χ1) is 8.51. The van der Waals surface area contributed by atoms with Crippen LogP contribution in [-0.2, 0) is 16.6 Å². The Kier molecular flexibility index (Phi) is 5.68. The lowest BCUT2D eigenvalue weighted by Gasteiger charge is -2.25. The summed E-state index contributed by atoms with van der Waals surface area (Å²) >= 11 is 1.75. The average Bonchev–Trinajstić information content (AvgIpc) is 2.79. The molecule has 1 atom stereocenters. The monoisotopic (exact) mass is 271 g/mol. The molecule has 1 aromatic rings. The van der Waals surface area contributed by atoms with Crippen molar-refractivity contribution in [2.75, 3.05) is 19.9 Å². The number of aryl methyl sites for hydroxylation is 1. The first kappa shape index (κ1) is 15.0. The molecule has 102 valence electrons. The van der Waals surface area contributed by atoms with E-state index in [1.165, 1.54) is 7.11 Å². The summed E-state index contributed by atoms with van der Waals surface area (Å²) in [5, 5.41) is 7.14. The number of carbonyl (C=O) groups excluding carboxylic acids is 1. The summed E-state index contributed by atoms with van der Waals surface area (Å²) in [4.78, 5) is 12.8. The molecule has 0 aromatic carbocycles. The predicted molar refractivity (Wildman–Crippen MR) is 72.6 cm³/mol. The van der Waals surface area contributed by atoms with Gasteiger partial charge in [0.1, 0.15) is 5.54 Å². The molecule has 0 saturated heterocycles. The molecule has 0 bridgehead atoms. The fraction of sp³-hybridized carbons (Fsp3) is 0.667. The van der Waals surface area contributed by atoms with Crippen LogP contribution in [0.4, 0.5) is 0 Å². The van der Waals surface area contributed by atoms with Gasteiger partial charge in [-0.25, -0.2) is 0 Å². The van der Waals surface area contributed by atoms with Gasteiger partial charge < -0.3 is 10.1 Å². The molecule has 0 fully saturated rings. The Balaban J connectivity index is 2.34. The maximum absolute atomic E-state index is 11.6. The van der Waals surface area contributed by atoms with Crippen molar-refractivity contribution in [2.45, 2.75) is 30.2 Å². The standard InChI is InChI=1S/C12H21N3O2S/c1-12(13-2,11(16)17-4)6-5-7-18-10-8-14-15(3)9-10/h8-9,13H,5-7H2,1-4H3. The van der Waals surface area contributed by atoms with Crippen molar-refractivity contribution in [1.82, 2.24) is 15.1 Å². The summed E-state index contributed by atoms with van der Waals surface area (Å²) < 4.78 is 6.59. The third-order valence-electron chi connectivity index (χ3n) is 2.96. The van der Waals surface area contributed by atoms with Crippen molar-refractivity contribution < 1.29 is 9.53 Å². The van der Waals surface area contributed by atoms with Crippen molar-refractivity contribution in [1.29, 1.82) is 0 Å². The number of hydrogen-bond acceptors (Lipinski definition) is 5. The lowest BCUT2D eigenvalue weighted by Crippen LogP contribution is -2.48. The Hall–Kier alpha value is -1.01. The summed E-state index contributed by atoms with van der Waals surface area (Å²) in [5.74, 6) is 0.747. The smallest absolute Gasteiger partial charge is 0.325 e. The van der Waals surface area contributed by atoms with Gasteiger partial charge in [0.25, 0.3) is 0 Å². The fourth-order valence-electron chi connectivity index (χ4n) is 1.64. The minimum atomic E-state index is -0.593. The van der Waals surface area contributed by atoms with Gasteiger partial charge in [-0.3, -0.25) is 9.48 Å². The highest BCUT2D eigenvalue weighted by Gasteiger charge is 2.31. The molecule has 1 rings (SSSR count). The second-order valence-corrected chi connectivity index (χ2v) is 5.54. The van der Waals surface area contributed by atoms with Crippen molar-refractivity contribution in [2.24, 2.45) is 7.05 Å². The number of nitrogens with zero attached hydrogens (tertiary/aromatic N) is 2. The van der Waals surface area contributed by atoms with Crippen LogP contribution in [-0.4, -0.2) is 41.2 Å². The molecule has 0 aliphatic heterocycles. The summed E-state index contributed by atoms with van der Waals surface area (Å²) in [6, 6.07) is 0. The third-order valence-corrected chi connectivity index (χ3v) is 4.00. The largest absolute Gasteiger partial charge is 0.468 e. The van der Waals surface area contributed by atoms with E-state index in [4.69, 9.17) is 4.74 Å². The number of aromatic nitrogens is 2. The second-order valence-electron chi connectivity index (χ2n) is 4.38. The van der Waals surface area contributed by atoms with E-state index in [1.54, 1.807) is 23.5 Å². The zero-order chi connectivity index (χ0) is 13.6. The number of thioether (sulfide) groups is 1. The number of hydrogen-bond donors (Lipinski definition) is 1. The molecule has 6 heteroatoms. The molecule has 0 radical (unpaired) electrons. The predicted octanol–water partition coefficient (Wildman–Crippen LogP) is 1.44. The van der Waals surface area contributed by atoms with Gasteiger partial charge in [-0.15, -0.1) is 11.8 Å². The van der Waals surface area contributed by atoms with Gasteiger partial charge in [-0.2, -0.15) is 5.10 Å². The van der Waals surface area contributed by atoms with Crippen LogP contribution in [0.1, 0.15) is 19.8 Å². The first-order valence-electron chi connectivity index (χ1n) is 5.90. The Bertz CT molecular complexity index is 394. The molecule has 18 heavy (non-hydrogen) atoms. The minimum absolute atomic E-state index is 0.212. The number of carbonyl (C=O) groups is 1. The molecule has 5 nitrogen and oxygen atoms in total. The third kappa shape index (κ3) is 4.03. The Morgan fingerprint density at radius 2 is 2.39 bits per heavy atom. The van der Waals surface area contributed by atoms with Crippen LogP contribution in [0, 0.1) is 0 Å². The average molecular weight is 271 g/mol. The lowest BCUT2D eigenvalue weighted by molar-refractivity contribution is -0.148. The first-order valence-corrected chi connectivity index (χ1v) is 6.89. The van der Waals surface area contributed by atoms with Gasteiger partial charge in [0.2, 0.25) is 0 Å². The van der Waals surface area contributed by atoms with Crippen LogP contribution in [0.5, 0.6) is 0 Å². The Morgan fingerprint density at radius 3 is 2.89 bits per heavy atom. The maximum atomic E-state index is 11.6. The normalized spacial score (nSPS) is 14.2. The molecule has 0 amide bonds. The van der Waals surface area contributed by atoms with Gasteiger partial charge in [0, 0.05) is 18.1 Å². The highest BCUT2D eigenvalue weighted by Crippen LogP contribution is 2.21. The van der Waals surface area contributed by atoms with E-state index in [9.17, 15) is 4.79 Å². The molecule has 0 spiro atoms. The highest BCUT2D eigenvalue weighted by atomic mass is 32.2. The molecule has 0 aliphatic carbocycles. The van der Waals surface area contributed by atoms with Crippen LogP contribution in [0.25, 0.3) is 0 Å². The van der Waals surface area contributed by atoms with Crippen molar-refractivity contribution in [3.8, 4) is 0 Å². The minimum Gasteiger partial charge on any atom is -0.468 e. The van der Waals surface area contributed by atoms with Crippen molar-refractivity contribution in [3.63, 3.8) is 0 Å². The van der Waals surface area contributed by atoms with Crippen LogP contribution >= 0.6 is 11.8 Å². The number of methoxy groups -OCH3 is 1. The van der Waals surface area contributed by atoms with Gasteiger partial charge in [0.15, 0.2) is 0 Å². The maximum Gasteiger partial charge on any atom is 0.325 e. The van der Waals surface area contributed by atoms with E-state index in [2.05, 4.69) is 10.4 Å². The summed E-state index contributed by atoms with van der Waals surface area (Å²) in [6.07, 6.45) is 5.53. The van der Waals surface area contributed by atoms with E-state index in [0.29, 0.717) is 0 Å². The molecule has 0 aliphatic rings. The Labute approximate surface area is 112 Å². The second kappa shape index (κ2) is 6.80. The van der Waals surface area contributed by atoms with E-state index in [0.717, 1.165) is 23.5 Å². The molecule has 1 N–H and O–H groups in total. The lowest BCUT2D eigenvalue weighted by atomic mass is 9.97. The summed E-state index contributed by atoms with van der Waals surface area (Å²) in [5.41, 5.74) is -0.593. The van der Waals surface area contributed by atoms with Gasteiger partial charge >= 0.3 is 5.97 Å². The summed E-state index contributed by atoms with van der Waals surface area (Å²) in [6.45, 7) is 1.87. The van der Waals surface area contributed by atoms with E-state index >= 15 is 0 Å². The number of esters is 1. The topological polar surface area (TPSA) is 56.2 Å². The molecule has 0 saturated carbocycles. The molecule has 1 heterocycles. The SMILES string of the molecule is CNC(C)(CCCSc1cnn(C)c1)C(=O)OC. The zero-order valence-corrected chi connectivity index (χ0v) is 12.2. The number of rotatable bonds is 7. The van der Waals surface area contributed by atoms with Crippen LogP contribution < -0.4 is 5.32 Å². The van der Waals surface area contributed by atoms with Crippen LogP contribution in [0.15, 0.2) is 17.3 Å². The van der Waals surface area contributed by atoms with Crippen LogP contribution in [0.3, 0.4) is 0 Å². The fourth-order valence-corrected chi connectivity index (χ4v) is 2.52. The number of likely N-dealkylation sites (N-methyl/N-ethyl adjacent to an activating group) is 1. The molecule has 1 unspecified atom stereocenters. The van der Waals surface area contributed by atoms with Gasteiger partial charge in [-0.05, 0) is 32.6 Å². The quantitative estimate of drug-likeness (QED) is 0.462. The Morgan fingerprint density at radius 1 is 1.67 bits per heavy atom. The summed E-state index contributed by atoms with van der Waals surface area (Å²) in [7, 11) is 5.10. The number of nitrogens with one attached hydrogen (secondary N) is 1. The van der Waals surface area contributed by atoms with Gasteiger partial charge in [-0.1, -0.05) is 0 Å². The molecule has 1 aromatic heterocycles. The molecular weight excluding hydrogens is 250 g/mol. The van der Waals surface area contributed by atoms with E-state index in [-0.39, 0.29) is 5.97 Å². The van der Waals surface area contributed by atoms with E-state index in [1.807, 2.05) is 26.4 Å².